The van der Waals surface area contributed by atoms with Crippen molar-refractivity contribution in [3.8, 4) is 11.4 Å². The van der Waals surface area contributed by atoms with Crippen LogP contribution in [0.15, 0.2) is 30.7 Å². The van der Waals surface area contributed by atoms with E-state index in [1.807, 2.05) is 18.5 Å². The summed E-state index contributed by atoms with van der Waals surface area (Å²) in [4.78, 5) is 8.68. The molecule has 0 saturated carbocycles. The van der Waals surface area contributed by atoms with Crippen molar-refractivity contribution in [2.24, 2.45) is 5.92 Å². The molecule has 0 fully saturated rings. The van der Waals surface area contributed by atoms with E-state index >= 15 is 0 Å². The van der Waals surface area contributed by atoms with Crippen molar-refractivity contribution in [2.75, 3.05) is 0 Å². The van der Waals surface area contributed by atoms with Gasteiger partial charge in [-0.25, -0.2) is 4.98 Å². The largest absolute Gasteiger partial charge is 0.328 e. The Morgan fingerprint density at radius 2 is 2.31 bits per heavy atom. The van der Waals surface area contributed by atoms with Gasteiger partial charge in [0.25, 0.3) is 0 Å². The number of fused-ring (bicyclic) bond motifs is 1. The summed E-state index contributed by atoms with van der Waals surface area (Å²) in [5, 5.41) is 0. The van der Waals surface area contributed by atoms with Gasteiger partial charge in [-0.1, -0.05) is 6.92 Å². The number of rotatable bonds is 1. The highest BCUT2D eigenvalue weighted by atomic mass is 15.1. The average molecular weight is 213 g/mol. The van der Waals surface area contributed by atoms with Gasteiger partial charge in [-0.05, 0) is 30.9 Å². The molecule has 2 aromatic heterocycles. The summed E-state index contributed by atoms with van der Waals surface area (Å²) in [7, 11) is 0. The van der Waals surface area contributed by atoms with Gasteiger partial charge in [0.1, 0.15) is 5.82 Å². The molecule has 1 unspecified atom stereocenters. The number of aryl methyl sites for hydroxylation is 1. The van der Waals surface area contributed by atoms with Crippen molar-refractivity contribution in [1.82, 2.24) is 14.5 Å². The Morgan fingerprint density at radius 1 is 1.38 bits per heavy atom. The number of hydrogen-bond donors (Lipinski definition) is 0. The number of pyridine rings is 1. The fraction of sp³-hybridized carbons (Fsp3) is 0.385. The monoisotopic (exact) mass is 213 g/mol. The van der Waals surface area contributed by atoms with Crippen molar-refractivity contribution in [3.05, 3.63) is 36.4 Å². The van der Waals surface area contributed by atoms with Crippen LogP contribution in [0.2, 0.25) is 0 Å². The van der Waals surface area contributed by atoms with Crippen LogP contribution in [-0.2, 0) is 13.0 Å². The number of aromatic nitrogens is 3. The average Bonchev–Trinajstić information content (AvgIpc) is 2.73. The standard InChI is InChI=1S/C13H15N3/c1-10-4-5-12-8-15-13(16(12)9-10)11-3-2-6-14-7-11/h2-3,6-8,10H,4-5,9H2,1H3. The quantitative estimate of drug-likeness (QED) is 0.728. The minimum absolute atomic E-state index is 0.747. The molecule has 0 amide bonds. The molecular weight excluding hydrogens is 198 g/mol. The Morgan fingerprint density at radius 3 is 3.12 bits per heavy atom. The second-order valence-corrected chi connectivity index (χ2v) is 4.57. The first-order valence-corrected chi connectivity index (χ1v) is 5.79. The van der Waals surface area contributed by atoms with E-state index in [-0.39, 0.29) is 0 Å². The lowest BCUT2D eigenvalue weighted by Gasteiger charge is -2.22. The Bertz CT molecular complexity index is 487. The Kier molecular flexibility index (Phi) is 2.24. The molecule has 2 aromatic rings. The molecule has 0 spiro atoms. The van der Waals surface area contributed by atoms with Gasteiger partial charge in [0.15, 0.2) is 0 Å². The maximum absolute atomic E-state index is 4.53. The molecule has 3 heterocycles. The molecule has 3 nitrogen and oxygen atoms in total. The van der Waals surface area contributed by atoms with Gasteiger partial charge in [0.05, 0.1) is 0 Å². The second kappa shape index (κ2) is 3.74. The summed E-state index contributed by atoms with van der Waals surface area (Å²) in [5.74, 6) is 1.81. The SMILES string of the molecule is CC1CCc2cnc(-c3cccnc3)n2C1. The third kappa shape index (κ3) is 1.52. The van der Waals surface area contributed by atoms with Crippen LogP contribution in [0.25, 0.3) is 11.4 Å². The van der Waals surface area contributed by atoms with E-state index in [2.05, 4.69) is 27.5 Å². The summed E-state index contributed by atoms with van der Waals surface area (Å²) in [6.45, 7) is 3.38. The van der Waals surface area contributed by atoms with Crippen LogP contribution in [0.4, 0.5) is 0 Å². The first-order chi connectivity index (χ1) is 7.84. The topological polar surface area (TPSA) is 30.7 Å². The predicted molar refractivity (Wildman–Crippen MR) is 62.9 cm³/mol. The van der Waals surface area contributed by atoms with E-state index in [0.717, 1.165) is 30.3 Å². The summed E-state index contributed by atoms with van der Waals surface area (Å²) in [6.07, 6.45) is 8.11. The zero-order chi connectivity index (χ0) is 11.0. The van der Waals surface area contributed by atoms with Gasteiger partial charge >= 0.3 is 0 Å². The Hall–Kier alpha value is -1.64. The fourth-order valence-corrected chi connectivity index (χ4v) is 2.34. The van der Waals surface area contributed by atoms with Crippen LogP contribution < -0.4 is 0 Å². The molecule has 1 aliphatic rings. The van der Waals surface area contributed by atoms with E-state index in [4.69, 9.17) is 0 Å². The smallest absolute Gasteiger partial charge is 0.141 e. The minimum atomic E-state index is 0.747. The molecule has 0 N–H and O–H groups in total. The molecule has 1 atom stereocenters. The van der Waals surface area contributed by atoms with Crippen LogP contribution >= 0.6 is 0 Å². The van der Waals surface area contributed by atoms with E-state index in [1.54, 1.807) is 6.20 Å². The molecule has 16 heavy (non-hydrogen) atoms. The van der Waals surface area contributed by atoms with E-state index in [1.165, 1.54) is 12.1 Å². The van der Waals surface area contributed by atoms with Crippen molar-refractivity contribution in [2.45, 2.75) is 26.3 Å². The third-order valence-electron chi connectivity index (χ3n) is 3.25. The Balaban J connectivity index is 2.07. The maximum Gasteiger partial charge on any atom is 0.141 e. The van der Waals surface area contributed by atoms with E-state index in [9.17, 15) is 0 Å². The highest BCUT2D eigenvalue weighted by molar-refractivity contribution is 5.54. The Labute approximate surface area is 95.2 Å². The molecule has 0 aromatic carbocycles. The molecule has 0 saturated heterocycles. The number of hydrogen-bond acceptors (Lipinski definition) is 2. The lowest BCUT2D eigenvalue weighted by atomic mass is 10.0. The lowest BCUT2D eigenvalue weighted by molar-refractivity contribution is 0.402. The summed E-state index contributed by atoms with van der Waals surface area (Å²) >= 11 is 0. The zero-order valence-electron chi connectivity index (χ0n) is 9.43. The molecule has 0 bridgehead atoms. The fourth-order valence-electron chi connectivity index (χ4n) is 2.34. The highest BCUT2D eigenvalue weighted by Gasteiger charge is 2.19. The first kappa shape index (κ1) is 9.58. The van der Waals surface area contributed by atoms with Gasteiger partial charge in [0, 0.05) is 36.4 Å². The van der Waals surface area contributed by atoms with Crippen LogP contribution in [-0.4, -0.2) is 14.5 Å². The van der Waals surface area contributed by atoms with Gasteiger partial charge in [0.2, 0.25) is 0 Å². The second-order valence-electron chi connectivity index (χ2n) is 4.57. The third-order valence-corrected chi connectivity index (χ3v) is 3.25. The molecule has 3 heteroatoms. The molecule has 0 aliphatic carbocycles. The van der Waals surface area contributed by atoms with Crippen molar-refractivity contribution >= 4 is 0 Å². The van der Waals surface area contributed by atoms with E-state index < -0.39 is 0 Å². The summed E-state index contributed by atoms with van der Waals surface area (Å²) in [6, 6.07) is 4.03. The van der Waals surface area contributed by atoms with Crippen LogP contribution in [0.1, 0.15) is 19.0 Å². The first-order valence-electron chi connectivity index (χ1n) is 5.79. The predicted octanol–water partition coefficient (Wildman–Crippen LogP) is 2.53. The van der Waals surface area contributed by atoms with Gasteiger partial charge in [-0.15, -0.1) is 0 Å². The number of imidazole rings is 1. The normalized spacial score (nSPS) is 19.4. The molecule has 82 valence electrons. The van der Waals surface area contributed by atoms with Gasteiger partial charge in [-0.3, -0.25) is 4.98 Å². The van der Waals surface area contributed by atoms with Crippen LogP contribution in [0.3, 0.4) is 0 Å². The molecular formula is C13H15N3. The van der Waals surface area contributed by atoms with Crippen molar-refractivity contribution in [1.29, 1.82) is 0 Å². The maximum atomic E-state index is 4.53. The molecule has 3 rings (SSSR count). The van der Waals surface area contributed by atoms with E-state index in [0.29, 0.717) is 0 Å². The van der Waals surface area contributed by atoms with Crippen molar-refractivity contribution < 1.29 is 0 Å². The highest BCUT2D eigenvalue weighted by Crippen LogP contribution is 2.26. The summed E-state index contributed by atoms with van der Waals surface area (Å²) in [5.41, 5.74) is 2.47. The lowest BCUT2D eigenvalue weighted by Crippen LogP contribution is -2.18. The molecule has 0 radical (unpaired) electrons. The van der Waals surface area contributed by atoms with Crippen LogP contribution in [0, 0.1) is 5.92 Å². The zero-order valence-corrected chi connectivity index (χ0v) is 9.43. The van der Waals surface area contributed by atoms with Crippen LogP contribution in [0.5, 0.6) is 0 Å². The number of nitrogens with zero attached hydrogens (tertiary/aromatic N) is 3. The van der Waals surface area contributed by atoms with Gasteiger partial charge < -0.3 is 4.57 Å². The van der Waals surface area contributed by atoms with Crippen molar-refractivity contribution in [3.63, 3.8) is 0 Å². The summed E-state index contributed by atoms with van der Waals surface area (Å²) < 4.78 is 2.34. The van der Waals surface area contributed by atoms with Gasteiger partial charge in [-0.2, -0.15) is 0 Å². The minimum Gasteiger partial charge on any atom is -0.328 e. The molecule has 1 aliphatic heterocycles.